The molecule has 52 heavy (non-hydrogen) atoms. The standard InChI is InChI=1S/C48H34N4/c1-48(2)41-16-8-6-14-37(41)39-26-27-40-38-15-7-9-17-44(38)52(46(40)45(39)48)36-24-22-33(23-25-36)43-29-42(50-47(51-43)34-11-4-3-5-12-34)32-20-18-31(19-21-32)35-13-10-28-49-30-35/h3-30H,1-2H3. The van der Waals surface area contributed by atoms with Crippen LogP contribution >= 0.6 is 0 Å². The molecule has 6 aromatic carbocycles. The molecule has 10 rings (SSSR count). The molecule has 0 atom stereocenters. The topological polar surface area (TPSA) is 43.6 Å². The fraction of sp³-hybridized carbons (Fsp3) is 0.0625. The summed E-state index contributed by atoms with van der Waals surface area (Å²) in [6, 6.07) is 56.1. The summed E-state index contributed by atoms with van der Waals surface area (Å²) in [4.78, 5) is 14.5. The highest BCUT2D eigenvalue weighted by Crippen LogP contribution is 2.52. The average molecular weight is 667 g/mol. The zero-order valence-electron chi connectivity index (χ0n) is 29.0. The number of fused-ring (bicyclic) bond motifs is 7. The minimum atomic E-state index is -0.140. The number of pyridine rings is 1. The van der Waals surface area contributed by atoms with Crippen LogP contribution in [0.25, 0.3) is 83.6 Å². The molecule has 0 N–H and O–H groups in total. The van der Waals surface area contributed by atoms with E-state index in [0.29, 0.717) is 5.82 Å². The van der Waals surface area contributed by atoms with Gasteiger partial charge in [0.1, 0.15) is 0 Å². The largest absolute Gasteiger partial charge is 0.309 e. The van der Waals surface area contributed by atoms with E-state index in [0.717, 1.165) is 44.9 Å². The maximum atomic E-state index is 5.12. The molecule has 0 spiro atoms. The van der Waals surface area contributed by atoms with E-state index in [1.54, 1.807) is 6.20 Å². The van der Waals surface area contributed by atoms with Crippen LogP contribution in [0.4, 0.5) is 0 Å². The lowest BCUT2D eigenvalue weighted by Gasteiger charge is -2.23. The second-order valence-corrected chi connectivity index (χ2v) is 14.1. The lowest BCUT2D eigenvalue weighted by atomic mass is 9.81. The van der Waals surface area contributed by atoms with E-state index in [1.807, 2.05) is 30.5 Å². The smallest absolute Gasteiger partial charge is 0.160 e. The molecule has 0 saturated heterocycles. The summed E-state index contributed by atoms with van der Waals surface area (Å²) in [5.41, 5.74) is 15.9. The monoisotopic (exact) mass is 666 g/mol. The van der Waals surface area contributed by atoms with Crippen LogP contribution in [0, 0.1) is 0 Å². The predicted octanol–water partition coefficient (Wildman–Crippen LogP) is 11.9. The molecule has 0 unspecified atom stereocenters. The molecule has 3 aromatic heterocycles. The van der Waals surface area contributed by atoms with Crippen molar-refractivity contribution in [2.45, 2.75) is 19.3 Å². The van der Waals surface area contributed by atoms with Gasteiger partial charge in [-0.3, -0.25) is 4.98 Å². The minimum absolute atomic E-state index is 0.140. The Kier molecular flexibility index (Phi) is 6.80. The summed E-state index contributed by atoms with van der Waals surface area (Å²) in [5, 5.41) is 2.54. The molecule has 0 amide bonds. The highest BCUT2D eigenvalue weighted by Gasteiger charge is 2.38. The van der Waals surface area contributed by atoms with Crippen LogP contribution in [0.2, 0.25) is 0 Å². The van der Waals surface area contributed by atoms with Crippen LogP contribution in [0.1, 0.15) is 25.0 Å². The second kappa shape index (κ2) is 11.7. The Morgan fingerprint density at radius 2 is 1.15 bits per heavy atom. The van der Waals surface area contributed by atoms with Gasteiger partial charge in [-0.25, -0.2) is 9.97 Å². The molecule has 0 radical (unpaired) electrons. The molecule has 1 aliphatic rings. The molecule has 0 saturated carbocycles. The molecule has 1 aliphatic carbocycles. The molecule has 3 heterocycles. The van der Waals surface area contributed by atoms with E-state index in [1.165, 1.54) is 44.1 Å². The summed E-state index contributed by atoms with van der Waals surface area (Å²) in [6.07, 6.45) is 3.69. The molecule has 246 valence electrons. The van der Waals surface area contributed by atoms with Crippen LogP contribution in [0.5, 0.6) is 0 Å². The Hall–Kier alpha value is -6.65. The zero-order valence-corrected chi connectivity index (χ0v) is 29.0. The van der Waals surface area contributed by atoms with Gasteiger partial charge in [0, 0.05) is 51.0 Å². The first-order chi connectivity index (χ1) is 25.5. The Bertz CT molecular complexity index is 2780. The van der Waals surface area contributed by atoms with Crippen molar-refractivity contribution >= 4 is 21.8 Å². The number of para-hydroxylation sites is 1. The van der Waals surface area contributed by atoms with Crippen LogP contribution in [-0.4, -0.2) is 19.5 Å². The van der Waals surface area contributed by atoms with Gasteiger partial charge in [-0.2, -0.15) is 0 Å². The van der Waals surface area contributed by atoms with Crippen molar-refractivity contribution in [3.05, 3.63) is 181 Å². The quantitative estimate of drug-likeness (QED) is 0.184. The van der Waals surface area contributed by atoms with Gasteiger partial charge in [-0.05, 0) is 63.7 Å². The molecule has 4 heteroatoms. The molecule has 4 nitrogen and oxygen atoms in total. The number of hydrogen-bond donors (Lipinski definition) is 0. The number of benzene rings is 6. The third-order valence-corrected chi connectivity index (χ3v) is 10.7. The van der Waals surface area contributed by atoms with Crippen molar-refractivity contribution in [3.63, 3.8) is 0 Å². The van der Waals surface area contributed by atoms with Gasteiger partial charge in [-0.15, -0.1) is 0 Å². The van der Waals surface area contributed by atoms with Crippen molar-refractivity contribution in [2.75, 3.05) is 0 Å². The van der Waals surface area contributed by atoms with Crippen LogP contribution < -0.4 is 0 Å². The SMILES string of the molecule is CC1(C)c2ccccc2-c2ccc3c4ccccc4n(-c4ccc(-c5cc(-c6ccc(-c7cccnc7)cc6)nc(-c6ccccc6)n5)cc4)c3c21. The Morgan fingerprint density at radius 3 is 1.90 bits per heavy atom. The Labute approximate surface area is 302 Å². The summed E-state index contributed by atoms with van der Waals surface area (Å²) >= 11 is 0. The van der Waals surface area contributed by atoms with Crippen molar-refractivity contribution in [1.82, 2.24) is 19.5 Å². The molecule has 0 aliphatic heterocycles. The molecule has 9 aromatic rings. The molecule has 0 bridgehead atoms. The van der Waals surface area contributed by atoms with Crippen LogP contribution in [-0.2, 0) is 5.41 Å². The van der Waals surface area contributed by atoms with E-state index >= 15 is 0 Å². The number of hydrogen-bond acceptors (Lipinski definition) is 3. The van der Waals surface area contributed by atoms with Gasteiger partial charge in [0.05, 0.1) is 22.4 Å². The third kappa shape index (κ3) is 4.72. The van der Waals surface area contributed by atoms with Crippen LogP contribution in [0.15, 0.2) is 170 Å². The normalized spacial score (nSPS) is 13.0. The highest BCUT2D eigenvalue weighted by molar-refractivity contribution is 6.13. The van der Waals surface area contributed by atoms with Gasteiger partial charge in [0.25, 0.3) is 0 Å². The third-order valence-electron chi connectivity index (χ3n) is 10.7. The predicted molar refractivity (Wildman–Crippen MR) is 213 cm³/mol. The van der Waals surface area contributed by atoms with Crippen molar-refractivity contribution in [2.24, 2.45) is 0 Å². The summed E-state index contributed by atoms with van der Waals surface area (Å²) in [5.74, 6) is 0.702. The lowest BCUT2D eigenvalue weighted by molar-refractivity contribution is 0.664. The Balaban J connectivity index is 1.11. The van der Waals surface area contributed by atoms with Gasteiger partial charge in [0.15, 0.2) is 5.82 Å². The molecular weight excluding hydrogens is 633 g/mol. The summed E-state index contributed by atoms with van der Waals surface area (Å²) in [6.45, 7) is 4.73. The van der Waals surface area contributed by atoms with Gasteiger partial charge in [-0.1, -0.05) is 141 Å². The first kappa shape index (κ1) is 30.2. The highest BCUT2D eigenvalue weighted by atomic mass is 15.0. The maximum Gasteiger partial charge on any atom is 0.160 e. The second-order valence-electron chi connectivity index (χ2n) is 14.1. The fourth-order valence-corrected chi connectivity index (χ4v) is 8.19. The van der Waals surface area contributed by atoms with Gasteiger partial charge >= 0.3 is 0 Å². The van der Waals surface area contributed by atoms with E-state index in [2.05, 4.69) is 157 Å². The number of aromatic nitrogens is 4. The fourth-order valence-electron chi connectivity index (χ4n) is 8.19. The van der Waals surface area contributed by atoms with Gasteiger partial charge in [0.2, 0.25) is 0 Å². The van der Waals surface area contributed by atoms with E-state index in [-0.39, 0.29) is 5.41 Å². The number of nitrogens with zero attached hydrogens (tertiary/aromatic N) is 4. The van der Waals surface area contributed by atoms with Gasteiger partial charge < -0.3 is 4.57 Å². The van der Waals surface area contributed by atoms with Crippen molar-refractivity contribution in [3.8, 4) is 61.8 Å². The van der Waals surface area contributed by atoms with E-state index in [4.69, 9.17) is 9.97 Å². The summed E-state index contributed by atoms with van der Waals surface area (Å²) < 4.78 is 2.46. The first-order valence-electron chi connectivity index (χ1n) is 17.8. The van der Waals surface area contributed by atoms with Crippen LogP contribution in [0.3, 0.4) is 0 Å². The Morgan fingerprint density at radius 1 is 0.500 bits per heavy atom. The molecular formula is C48H34N4. The maximum absolute atomic E-state index is 5.12. The molecule has 0 fully saturated rings. The lowest BCUT2D eigenvalue weighted by Crippen LogP contribution is -2.16. The zero-order chi connectivity index (χ0) is 34.8. The van der Waals surface area contributed by atoms with E-state index in [9.17, 15) is 0 Å². The summed E-state index contributed by atoms with van der Waals surface area (Å²) in [7, 11) is 0. The minimum Gasteiger partial charge on any atom is -0.309 e. The van der Waals surface area contributed by atoms with Crippen molar-refractivity contribution in [1.29, 1.82) is 0 Å². The number of rotatable bonds is 5. The first-order valence-corrected chi connectivity index (χ1v) is 17.8. The van der Waals surface area contributed by atoms with E-state index < -0.39 is 0 Å². The van der Waals surface area contributed by atoms with Crippen molar-refractivity contribution < 1.29 is 0 Å². The average Bonchev–Trinajstić information content (AvgIpc) is 3.67.